The molecule has 0 radical (unpaired) electrons. The number of nitrogens with zero attached hydrogens (tertiary/aromatic N) is 1. The summed E-state index contributed by atoms with van der Waals surface area (Å²) in [5, 5.41) is 4.71. The summed E-state index contributed by atoms with van der Waals surface area (Å²) in [5.41, 5.74) is 1.50. The summed E-state index contributed by atoms with van der Waals surface area (Å²) in [7, 11) is 1.67. The van der Waals surface area contributed by atoms with Crippen LogP contribution in [0.3, 0.4) is 0 Å². The molecule has 2 aromatic carbocycles. The van der Waals surface area contributed by atoms with Gasteiger partial charge in [-0.3, -0.25) is 9.69 Å². The lowest BCUT2D eigenvalue weighted by molar-refractivity contribution is -0.137. The van der Waals surface area contributed by atoms with Crippen molar-refractivity contribution in [2.45, 2.75) is 19.1 Å². The van der Waals surface area contributed by atoms with Crippen LogP contribution in [0.2, 0.25) is 0 Å². The topological polar surface area (TPSA) is 41.6 Å². The van der Waals surface area contributed by atoms with Crippen LogP contribution in [0, 0.1) is 5.92 Å². The van der Waals surface area contributed by atoms with Crippen LogP contribution >= 0.6 is 11.3 Å². The molecule has 1 aromatic heterocycles. The van der Waals surface area contributed by atoms with Gasteiger partial charge >= 0.3 is 6.18 Å². The molecule has 1 fully saturated rings. The SMILES string of the molecule is COc1ccccc1CN1CCC(CNC(=O)c2cc(-c3cccc(C(F)(F)F)c3)cs2)C1. The quantitative estimate of drug-likeness (QED) is 0.478. The number of ether oxygens (including phenoxy) is 1. The standard InChI is InChI=1S/C25H25F3N2O2S/c1-32-22-8-3-2-5-19(22)15-30-10-9-17(14-30)13-29-24(31)23-12-20(16-33-23)18-6-4-7-21(11-18)25(26,27)28/h2-8,11-12,16-17H,9-10,13-15H2,1H3,(H,29,31). The fourth-order valence-corrected chi connectivity index (χ4v) is 4.94. The van der Waals surface area contributed by atoms with Gasteiger partial charge in [0, 0.05) is 25.2 Å². The Hall–Kier alpha value is -2.84. The van der Waals surface area contributed by atoms with Crippen LogP contribution in [0.15, 0.2) is 60.0 Å². The first-order chi connectivity index (χ1) is 15.8. The first kappa shape index (κ1) is 23.3. The molecule has 0 saturated carbocycles. The number of carbonyl (C=O) groups is 1. The van der Waals surface area contributed by atoms with Crippen molar-refractivity contribution in [3.8, 4) is 16.9 Å². The second-order valence-corrected chi connectivity index (χ2v) is 9.10. The van der Waals surface area contributed by atoms with Crippen LogP contribution in [0.5, 0.6) is 5.75 Å². The van der Waals surface area contributed by atoms with Gasteiger partial charge in [0.15, 0.2) is 0 Å². The van der Waals surface area contributed by atoms with Gasteiger partial charge in [0.05, 0.1) is 17.6 Å². The summed E-state index contributed by atoms with van der Waals surface area (Å²) in [6.07, 6.45) is -3.40. The molecule has 0 aliphatic carbocycles. The Labute approximate surface area is 195 Å². The van der Waals surface area contributed by atoms with E-state index < -0.39 is 11.7 Å². The highest BCUT2D eigenvalue weighted by atomic mass is 32.1. The summed E-state index contributed by atoms with van der Waals surface area (Å²) in [4.78, 5) is 15.5. The highest BCUT2D eigenvalue weighted by Gasteiger charge is 2.30. The molecule has 33 heavy (non-hydrogen) atoms. The van der Waals surface area contributed by atoms with E-state index in [1.54, 1.807) is 24.6 Å². The van der Waals surface area contributed by atoms with Crippen LogP contribution in [0.1, 0.15) is 27.2 Å². The molecule has 8 heteroatoms. The first-order valence-electron chi connectivity index (χ1n) is 10.7. The molecule has 0 bridgehead atoms. The Kier molecular flexibility index (Phi) is 7.05. The van der Waals surface area contributed by atoms with E-state index in [9.17, 15) is 18.0 Å². The van der Waals surface area contributed by atoms with Gasteiger partial charge in [-0.2, -0.15) is 13.2 Å². The van der Waals surface area contributed by atoms with Crippen LogP contribution in [0.4, 0.5) is 13.2 Å². The Morgan fingerprint density at radius 1 is 1.15 bits per heavy atom. The van der Waals surface area contributed by atoms with Gasteiger partial charge in [-0.1, -0.05) is 30.3 Å². The number of benzene rings is 2. The molecule has 2 heterocycles. The molecule has 1 saturated heterocycles. The highest BCUT2D eigenvalue weighted by Crippen LogP contribution is 2.33. The van der Waals surface area contributed by atoms with Crippen molar-refractivity contribution >= 4 is 17.2 Å². The van der Waals surface area contributed by atoms with Gasteiger partial charge in [0.25, 0.3) is 5.91 Å². The normalized spacial score (nSPS) is 16.7. The molecule has 1 N–H and O–H groups in total. The average Bonchev–Trinajstić information content (AvgIpc) is 3.47. The number of para-hydroxylation sites is 1. The van der Waals surface area contributed by atoms with E-state index in [0.717, 1.165) is 49.5 Å². The second-order valence-electron chi connectivity index (χ2n) is 8.19. The third-order valence-electron chi connectivity index (χ3n) is 5.85. The maximum absolute atomic E-state index is 13.0. The van der Waals surface area contributed by atoms with Crippen molar-refractivity contribution in [2.75, 3.05) is 26.7 Å². The molecular weight excluding hydrogens is 449 g/mol. The zero-order valence-electron chi connectivity index (χ0n) is 18.2. The minimum absolute atomic E-state index is 0.193. The van der Waals surface area contributed by atoms with Gasteiger partial charge in [0.1, 0.15) is 5.75 Å². The Bertz CT molecular complexity index is 1110. The number of hydrogen-bond acceptors (Lipinski definition) is 4. The average molecular weight is 475 g/mol. The first-order valence-corrected chi connectivity index (χ1v) is 11.6. The number of thiophene rings is 1. The molecule has 4 nitrogen and oxygen atoms in total. The predicted molar refractivity (Wildman–Crippen MR) is 123 cm³/mol. The van der Waals surface area contributed by atoms with Crippen molar-refractivity contribution < 1.29 is 22.7 Å². The number of likely N-dealkylation sites (tertiary alicyclic amines) is 1. The maximum atomic E-state index is 13.0. The van der Waals surface area contributed by atoms with Crippen LogP contribution in [-0.2, 0) is 12.7 Å². The number of carbonyl (C=O) groups excluding carboxylic acids is 1. The van der Waals surface area contributed by atoms with E-state index in [-0.39, 0.29) is 5.91 Å². The number of hydrogen-bond donors (Lipinski definition) is 1. The monoisotopic (exact) mass is 474 g/mol. The van der Waals surface area contributed by atoms with E-state index in [1.165, 1.54) is 17.4 Å². The predicted octanol–water partition coefficient (Wildman–Crippen LogP) is 5.69. The van der Waals surface area contributed by atoms with Gasteiger partial charge in [0.2, 0.25) is 0 Å². The van der Waals surface area contributed by atoms with Crippen LogP contribution < -0.4 is 10.1 Å². The molecule has 0 spiro atoms. The highest BCUT2D eigenvalue weighted by molar-refractivity contribution is 7.12. The van der Waals surface area contributed by atoms with E-state index in [2.05, 4.69) is 16.3 Å². The fourth-order valence-electron chi connectivity index (χ4n) is 4.10. The largest absolute Gasteiger partial charge is 0.496 e. The molecule has 174 valence electrons. The minimum atomic E-state index is -4.40. The molecule has 4 rings (SSSR count). The molecule has 1 unspecified atom stereocenters. The number of rotatable bonds is 7. The van der Waals surface area contributed by atoms with E-state index >= 15 is 0 Å². The molecule has 1 atom stereocenters. The van der Waals surface area contributed by atoms with Crippen LogP contribution in [0.25, 0.3) is 11.1 Å². The summed E-state index contributed by atoms with van der Waals surface area (Å²) in [5.74, 6) is 1.04. The zero-order valence-corrected chi connectivity index (χ0v) is 19.0. The molecule has 1 aliphatic heterocycles. The van der Waals surface area contributed by atoms with Crippen molar-refractivity contribution in [3.63, 3.8) is 0 Å². The summed E-state index contributed by atoms with van der Waals surface area (Å²) >= 11 is 1.24. The fraction of sp³-hybridized carbons (Fsp3) is 0.320. The number of amides is 1. The Morgan fingerprint density at radius 2 is 1.97 bits per heavy atom. The third-order valence-corrected chi connectivity index (χ3v) is 6.78. The third kappa shape index (κ3) is 5.75. The van der Waals surface area contributed by atoms with Crippen molar-refractivity contribution in [1.29, 1.82) is 0 Å². The molecule has 1 amide bonds. The number of halogens is 3. The van der Waals surface area contributed by atoms with E-state index in [0.29, 0.717) is 28.5 Å². The summed E-state index contributed by atoms with van der Waals surface area (Å²) in [6, 6.07) is 14.8. The van der Waals surface area contributed by atoms with Gasteiger partial charge in [-0.25, -0.2) is 0 Å². The van der Waals surface area contributed by atoms with Gasteiger partial charge < -0.3 is 10.1 Å². The number of nitrogens with one attached hydrogen (secondary N) is 1. The molecule has 1 aliphatic rings. The Balaban J connectivity index is 1.31. The second kappa shape index (κ2) is 9.97. The van der Waals surface area contributed by atoms with Crippen molar-refractivity contribution in [3.05, 3.63) is 76.0 Å². The summed E-state index contributed by atoms with van der Waals surface area (Å²) < 4.78 is 44.4. The van der Waals surface area contributed by atoms with Gasteiger partial charge in [-0.05, 0) is 59.7 Å². The lowest BCUT2D eigenvalue weighted by atomic mass is 10.1. The smallest absolute Gasteiger partial charge is 0.416 e. The van der Waals surface area contributed by atoms with Gasteiger partial charge in [-0.15, -0.1) is 11.3 Å². The Morgan fingerprint density at radius 3 is 2.76 bits per heavy atom. The van der Waals surface area contributed by atoms with E-state index in [1.807, 2.05) is 18.2 Å². The molecule has 3 aromatic rings. The van der Waals surface area contributed by atoms with Crippen molar-refractivity contribution in [2.24, 2.45) is 5.92 Å². The number of methoxy groups -OCH3 is 1. The molecular formula is C25H25F3N2O2S. The maximum Gasteiger partial charge on any atom is 0.416 e. The van der Waals surface area contributed by atoms with Crippen LogP contribution in [-0.4, -0.2) is 37.6 Å². The zero-order chi connectivity index (χ0) is 23.4. The summed E-state index contributed by atoms with van der Waals surface area (Å²) in [6.45, 7) is 3.22. The lowest BCUT2D eigenvalue weighted by Crippen LogP contribution is -2.30. The van der Waals surface area contributed by atoms with E-state index in [4.69, 9.17) is 4.74 Å². The minimum Gasteiger partial charge on any atom is -0.496 e. The van der Waals surface area contributed by atoms with Crippen molar-refractivity contribution in [1.82, 2.24) is 10.2 Å². The lowest BCUT2D eigenvalue weighted by Gasteiger charge is -2.18. The number of alkyl halides is 3.